The molecule has 1 radical (unpaired) electrons. The average Bonchev–Trinajstić information content (AvgIpc) is 2.61. The van der Waals surface area contributed by atoms with E-state index >= 15 is 0 Å². The molecule has 0 heterocycles. The summed E-state index contributed by atoms with van der Waals surface area (Å²) in [5.41, 5.74) is 5.29. The van der Waals surface area contributed by atoms with Crippen molar-refractivity contribution in [3.8, 4) is 0 Å². The SMILES string of the molecule is Cc1cc2c([cH-]1)C=CC=CC2c1ccc(Cl)cc1.[Cl-].[Cl-].[Zr+3]. The summed E-state index contributed by atoms with van der Waals surface area (Å²) in [6.07, 6.45) is 8.64. The first kappa shape index (κ1) is 20.8. The number of hydrogen-bond donors (Lipinski definition) is 0. The Morgan fingerprint density at radius 2 is 1.71 bits per heavy atom. The monoisotopic (exact) mass is 413 g/mol. The molecule has 21 heavy (non-hydrogen) atoms. The van der Waals surface area contributed by atoms with Crippen LogP contribution in [0.4, 0.5) is 0 Å². The van der Waals surface area contributed by atoms with Gasteiger partial charge in [0.1, 0.15) is 0 Å². The molecule has 0 saturated heterocycles. The van der Waals surface area contributed by atoms with E-state index in [1.54, 1.807) is 0 Å². The molecule has 0 N–H and O–H groups in total. The molecule has 0 fully saturated rings. The molecule has 0 spiro atoms. The number of aryl methyl sites for hydroxylation is 1. The minimum Gasteiger partial charge on any atom is -1.00 e. The summed E-state index contributed by atoms with van der Waals surface area (Å²) < 4.78 is 0. The van der Waals surface area contributed by atoms with Crippen molar-refractivity contribution in [3.63, 3.8) is 0 Å². The van der Waals surface area contributed by atoms with Gasteiger partial charge in [0.2, 0.25) is 0 Å². The first-order chi connectivity index (χ1) is 8.74. The van der Waals surface area contributed by atoms with Crippen LogP contribution >= 0.6 is 11.6 Å². The van der Waals surface area contributed by atoms with E-state index in [9.17, 15) is 0 Å². The van der Waals surface area contributed by atoms with Crippen LogP contribution < -0.4 is 24.8 Å². The van der Waals surface area contributed by atoms with Gasteiger partial charge in [0.25, 0.3) is 0 Å². The zero-order valence-electron chi connectivity index (χ0n) is 11.5. The molecule has 0 aromatic heterocycles. The quantitative estimate of drug-likeness (QED) is 0.529. The van der Waals surface area contributed by atoms with E-state index in [2.05, 4.69) is 55.5 Å². The molecule has 1 unspecified atom stereocenters. The summed E-state index contributed by atoms with van der Waals surface area (Å²) in [6, 6.07) is 12.6. The summed E-state index contributed by atoms with van der Waals surface area (Å²) in [5, 5.41) is 0.786. The Labute approximate surface area is 162 Å². The average molecular weight is 416 g/mol. The van der Waals surface area contributed by atoms with Gasteiger partial charge in [0.05, 0.1) is 0 Å². The van der Waals surface area contributed by atoms with Crippen LogP contribution in [0.1, 0.15) is 28.2 Å². The van der Waals surface area contributed by atoms with Crippen LogP contribution in [0, 0.1) is 6.92 Å². The van der Waals surface area contributed by atoms with Crippen LogP contribution in [0.5, 0.6) is 0 Å². The number of benzene rings is 1. The van der Waals surface area contributed by atoms with Crippen molar-refractivity contribution in [1.29, 1.82) is 0 Å². The molecule has 1 aliphatic rings. The predicted molar refractivity (Wildman–Crippen MR) is 78.2 cm³/mol. The van der Waals surface area contributed by atoms with Crippen molar-refractivity contribution in [3.05, 3.63) is 81.9 Å². The van der Waals surface area contributed by atoms with Gasteiger partial charge in [-0.3, -0.25) is 0 Å². The summed E-state index contributed by atoms with van der Waals surface area (Å²) in [6.45, 7) is 2.14. The minimum atomic E-state index is 0. The number of allylic oxidation sites excluding steroid dienone is 3. The van der Waals surface area contributed by atoms with Gasteiger partial charge < -0.3 is 24.8 Å². The van der Waals surface area contributed by atoms with Gasteiger partial charge in [0.15, 0.2) is 0 Å². The molecule has 0 saturated carbocycles. The van der Waals surface area contributed by atoms with Crippen molar-refractivity contribution in [2.45, 2.75) is 12.8 Å². The molecule has 107 valence electrons. The van der Waals surface area contributed by atoms with Crippen LogP contribution in [0.15, 0.2) is 54.6 Å². The second kappa shape index (κ2) is 9.06. The van der Waals surface area contributed by atoms with E-state index < -0.39 is 0 Å². The zero-order chi connectivity index (χ0) is 12.5. The molecular formula is C17H14Cl3Zr. The molecule has 1 aliphatic carbocycles. The molecule has 2 aromatic carbocycles. The van der Waals surface area contributed by atoms with Crippen molar-refractivity contribution in [1.82, 2.24) is 0 Å². The first-order valence-corrected chi connectivity index (χ1v) is 6.49. The maximum absolute atomic E-state index is 5.96. The van der Waals surface area contributed by atoms with E-state index in [-0.39, 0.29) is 51.0 Å². The molecule has 1 atom stereocenters. The van der Waals surface area contributed by atoms with Crippen LogP contribution in [-0.4, -0.2) is 0 Å². The molecule has 0 bridgehead atoms. The Kier molecular flexibility index (Phi) is 8.97. The van der Waals surface area contributed by atoms with Crippen LogP contribution in [-0.2, 0) is 26.2 Å². The fraction of sp³-hybridized carbons (Fsp3) is 0.118. The second-order valence-electron chi connectivity index (χ2n) is 4.72. The van der Waals surface area contributed by atoms with E-state index in [0.717, 1.165) is 5.02 Å². The standard InChI is InChI=1S/C17H14Cl.2ClH.Zr/c1-12-10-14-4-2-3-5-16(17(14)11-12)13-6-8-15(18)9-7-13;;;/h2-11,16H,1H3;2*1H;/q-1;;;+3/p-2. The van der Waals surface area contributed by atoms with Gasteiger partial charge in [-0.1, -0.05) is 42.8 Å². The van der Waals surface area contributed by atoms with E-state index in [1.165, 1.54) is 22.3 Å². The van der Waals surface area contributed by atoms with Gasteiger partial charge in [-0.2, -0.15) is 17.2 Å². The van der Waals surface area contributed by atoms with Crippen LogP contribution in [0.3, 0.4) is 0 Å². The van der Waals surface area contributed by atoms with Crippen molar-refractivity contribution in [2.75, 3.05) is 0 Å². The van der Waals surface area contributed by atoms with Gasteiger partial charge in [-0.25, -0.2) is 0 Å². The fourth-order valence-electron chi connectivity index (χ4n) is 2.51. The Bertz CT molecular complexity index is 624. The third-order valence-corrected chi connectivity index (χ3v) is 3.61. The first-order valence-electron chi connectivity index (χ1n) is 6.11. The fourth-order valence-corrected chi connectivity index (χ4v) is 2.64. The summed E-state index contributed by atoms with van der Waals surface area (Å²) in [5.74, 6) is 0.320. The largest absolute Gasteiger partial charge is 3.00 e. The van der Waals surface area contributed by atoms with E-state index in [1.807, 2.05) is 12.1 Å². The van der Waals surface area contributed by atoms with Crippen molar-refractivity contribution >= 4 is 17.7 Å². The molecule has 4 heteroatoms. The molecule has 0 amide bonds. The van der Waals surface area contributed by atoms with Gasteiger partial charge in [0, 0.05) is 5.02 Å². The van der Waals surface area contributed by atoms with E-state index in [0.29, 0.717) is 5.92 Å². The normalized spacial score (nSPS) is 15.0. The van der Waals surface area contributed by atoms with Crippen molar-refractivity contribution in [2.24, 2.45) is 0 Å². The molecule has 3 rings (SSSR count). The van der Waals surface area contributed by atoms with Crippen LogP contribution in [0.2, 0.25) is 5.02 Å². The summed E-state index contributed by atoms with van der Waals surface area (Å²) in [7, 11) is 0. The summed E-state index contributed by atoms with van der Waals surface area (Å²) >= 11 is 5.96. The van der Waals surface area contributed by atoms with Gasteiger partial charge in [-0.15, -0.1) is 23.8 Å². The molecule has 2 aromatic rings. The number of rotatable bonds is 1. The van der Waals surface area contributed by atoms with Crippen LogP contribution in [0.25, 0.3) is 6.08 Å². The topological polar surface area (TPSA) is 0 Å². The maximum atomic E-state index is 5.96. The predicted octanol–water partition coefficient (Wildman–Crippen LogP) is -0.912. The van der Waals surface area contributed by atoms with E-state index in [4.69, 9.17) is 11.6 Å². The molecular weight excluding hydrogens is 402 g/mol. The number of halogens is 3. The number of fused-ring (bicyclic) bond motifs is 1. The van der Waals surface area contributed by atoms with Gasteiger partial charge in [-0.05, 0) is 23.6 Å². The Morgan fingerprint density at radius 1 is 1.05 bits per heavy atom. The van der Waals surface area contributed by atoms with Crippen molar-refractivity contribution < 1.29 is 51.0 Å². The van der Waals surface area contributed by atoms with Gasteiger partial charge >= 0.3 is 26.2 Å². The molecule has 0 nitrogen and oxygen atoms in total. The second-order valence-corrected chi connectivity index (χ2v) is 5.15. The minimum absolute atomic E-state index is 0. The maximum Gasteiger partial charge on any atom is 3.00 e. The summed E-state index contributed by atoms with van der Waals surface area (Å²) in [4.78, 5) is 0. The Morgan fingerprint density at radius 3 is 2.38 bits per heavy atom. The molecule has 0 aliphatic heterocycles. The third kappa shape index (κ3) is 4.63. The Hall–Kier alpha value is -0.197. The Balaban J connectivity index is 0.00000133. The number of hydrogen-bond acceptors (Lipinski definition) is 0. The third-order valence-electron chi connectivity index (χ3n) is 3.35. The zero-order valence-corrected chi connectivity index (χ0v) is 16.2. The smallest absolute Gasteiger partial charge is 1.00 e.